The molecule has 1 aliphatic heterocycles. The van der Waals surface area contributed by atoms with Crippen LogP contribution in [0.4, 0.5) is 0 Å². The van der Waals surface area contributed by atoms with E-state index in [1.165, 1.54) is 11.8 Å². The summed E-state index contributed by atoms with van der Waals surface area (Å²) in [5, 5.41) is 0. The molecule has 0 saturated carbocycles. The van der Waals surface area contributed by atoms with Crippen molar-refractivity contribution in [2.24, 2.45) is 0 Å². The number of amides is 1. The van der Waals surface area contributed by atoms with Gasteiger partial charge in [-0.25, -0.2) is 0 Å². The highest BCUT2D eigenvalue weighted by atomic mass is 79.9. The molecule has 3 rings (SSSR count). The maximum atomic E-state index is 12.2. The molecule has 1 aliphatic rings. The number of furan rings is 1. The molecule has 0 spiro atoms. The highest BCUT2D eigenvalue weighted by Gasteiger charge is 2.28. The van der Waals surface area contributed by atoms with Gasteiger partial charge in [-0.05, 0) is 36.2 Å². The van der Waals surface area contributed by atoms with Gasteiger partial charge in [-0.1, -0.05) is 28.1 Å². The van der Waals surface area contributed by atoms with Crippen LogP contribution < -0.4 is 0 Å². The van der Waals surface area contributed by atoms with Crippen molar-refractivity contribution >= 4 is 21.8 Å². The van der Waals surface area contributed by atoms with E-state index in [2.05, 4.69) is 28.1 Å². The van der Waals surface area contributed by atoms with Crippen LogP contribution in [0.25, 0.3) is 0 Å². The molecular formula is C15H14BrNO2. The van der Waals surface area contributed by atoms with Crippen LogP contribution in [0.5, 0.6) is 0 Å². The lowest BCUT2D eigenvalue weighted by molar-refractivity contribution is 0.0759. The fourth-order valence-corrected chi connectivity index (χ4v) is 2.77. The topological polar surface area (TPSA) is 33.5 Å². The van der Waals surface area contributed by atoms with Gasteiger partial charge < -0.3 is 9.32 Å². The number of nitrogens with zero attached hydrogens (tertiary/aromatic N) is 1. The number of rotatable bonds is 2. The lowest BCUT2D eigenvalue weighted by Crippen LogP contribution is -2.28. The molecule has 98 valence electrons. The van der Waals surface area contributed by atoms with Crippen LogP contribution in [0.3, 0.4) is 0 Å². The normalized spacial score (nSPS) is 18.8. The zero-order valence-electron chi connectivity index (χ0n) is 10.4. The Morgan fingerprint density at radius 1 is 1.26 bits per heavy atom. The van der Waals surface area contributed by atoms with E-state index in [0.29, 0.717) is 11.7 Å². The predicted octanol–water partition coefficient (Wildman–Crippen LogP) is 3.67. The van der Waals surface area contributed by atoms with E-state index in [0.717, 1.165) is 24.0 Å². The summed E-state index contributed by atoms with van der Waals surface area (Å²) in [5.41, 5.74) is 1.29. The van der Waals surface area contributed by atoms with Gasteiger partial charge >= 0.3 is 0 Å². The van der Waals surface area contributed by atoms with Gasteiger partial charge in [0.05, 0.1) is 6.26 Å². The molecule has 0 N–H and O–H groups in total. The minimum absolute atomic E-state index is 0.00962. The lowest BCUT2D eigenvalue weighted by atomic mass is 9.99. The van der Waals surface area contributed by atoms with Gasteiger partial charge in [0.15, 0.2) is 5.76 Å². The number of likely N-dealkylation sites (tertiary alicyclic amines) is 1. The minimum Gasteiger partial charge on any atom is -0.459 e. The van der Waals surface area contributed by atoms with Crippen molar-refractivity contribution in [2.45, 2.75) is 12.3 Å². The Hall–Kier alpha value is -1.55. The van der Waals surface area contributed by atoms with E-state index in [4.69, 9.17) is 4.42 Å². The summed E-state index contributed by atoms with van der Waals surface area (Å²) in [6.45, 7) is 1.56. The summed E-state index contributed by atoms with van der Waals surface area (Å²) in [7, 11) is 0. The van der Waals surface area contributed by atoms with E-state index < -0.39 is 0 Å². The summed E-state index contributed by atoms with van der Waals surface area (Å²) in [4.78, 5) is 14.0. The summed E-state index contributed by atoms with van der Waals surface area (Å²) < 4.78 is 6.25. The van der Waals surface area contributed by atoms with Crippen molar-refractivity contribution in [3.05, 3.63) is 58.5 Å². The molecule has 1 atom stereocenters. The Kier molecular flexibility index (Phi) is 3.42. The van der Waals surface area contributed by atoms with Gasteiger partial charge in [0.25, 0.3) is 5.91 Å². The zero-order valence-corrected chi connectivity index (χ0v) is 12.0. The van der Waals surface area contributed by atoms with Crippen molar-refractivity contribution in [2.75, 3.05) is 13.1 Å². The van der Waals surface area contributed by atoms with Gasteiger partial charge in [0.2, 0.25) is 0 Å². The van der Waals surface area contributed by atoms with Crippen LogP contribution >= 0.6 is 15.9 Å². The van der Waals surface area contributed by atoms with E-state index in [1.807, 2.05) is 17.0 Å². The molecule has 0 radical (unpaired) electrons. The number of hydrogen-bond donors (Lipinski definition) is 0. The maximum absolute atomic E-state index is 12.2. The molecule has 1 unspecified atom stereocenters. The standard InChI is InChI=1S/C15H14BrNO2/c16-13-5-3-11(4-6-13)12-7-8-17(10-12)15(18)14-2-1-9-19-14/h1-6,9,12H,7-8,10H2. The first-order chi connectivity index (χ1) is 9.24. The van der Waals surface area contributed by atoms with Crippen LogP contribution in [0.1, 0.15) is 28.5 Å². The summed E-state index contributed by atoms with van der Waals surface area (Å²) in [5.74, 6) is 0.841. The van der Waals surface area contributed by atoms with Gasteiger partial charge in [0, 0.05) is 23.5 Å². The fourth-order valence-electron chi connectivity index (χ4n) is 2.51. The highest BCUT2D eigenvalue weighted by molar-refractivity contribution is 9.10. The summed E-state index contributed by atoms with van der Waals surface area (Å²) in [6, 6.07) is 11.8. The Balaban J connectivity index is 1.70. The van der Waals surface area contributed by atoms with Crippen molar-refractivity contribution in [3.63, 3.8) is 0 Å². The van der Waals surface area contributed by atoms with Crippen LogP contribution in [-0.4, -0.2) is 23.9 Å². The second kappa shape index (κ2) is 5.21. The van der Waals surface area contributed by atoms with Crippen LogP contribution in [0.15, 0.2) is 51.6 Å². The molecular weight excluding hydrogens is 306 g/mol. The average Bonchev–Trinajstić information content (AvgIpc) is 3.10. The second-order valence-corrected chi connectivity index (χ2v) is 5.68. The number of benzene rings is 1. The van der Waals surface area contributed by atoms with Gasteiger partial charge in [-0.15, -0.1) is 0 Å². The molecule has 4 heteroatoms. The SMILES string of the molecule is O=C(c1ccco1)N1CCC(c2ccc(Br)cc2)C1. The Labute approximate surface area is 120 Å². The van der Waals surface area contributed by atoms with E-state index in [1.54, 1.807) is 12.1 Å². The lowest BCUT2D eigenvalue weighted by Gasteiger charge is -2.15. The van der Waals surface area contributed by atoms with E-state index in [-0.39, 0.29) is 5.91 Å². The van der Waals surface area contributed by atoms with E-state index in [9.17, 15) is 4.79 Å². The van der Waals surface area contributed by atoms with Gasteiger partial charge in [-0.2, -0.15) is 0 Å². The zero-order chi connectivity index (χ0) is 13.2. The Bertz CT molecular complexity index is 562. The smallest absolute Gasteiger partial charge is 0.289 e. The van der Waals surface area contributed by atoms with Crippen molar-refractivity contribution < 1.29 is 9.21 Å². The Morgan fingerprint density at radius 2 is 2.05 bits per heavy atom. The van der Waals surface area contributed by atoms with Crippen molar-refractivity contribution in [3.8, 4) is 0 Å². The minimum atomic E-state index is -0.00962. The van der Waals surface area contributed by atoms with Gasteiger partial charge in [-0.3, -0.25) is 4.79 Å². The average molecular weight is 320 g/mol. The largest absolute Gasteiger partial charge is 0.459 e. The van der Waals surface area contributed by atoms with Gasteiger partial charge in [0.1, 0.15) is 0 Å². The molecule has 0 aliphatic carbocycles. The quantitative estimate of drug-likeness (QED) is 0.846. The molecule has 1 aromatic carbocycles. The molecule has 1 aromatic heterocycles. The van der Waals surface area contributed by atoms with Crippen LogP contribution in [0, 0.1) is 0 Å². The summed E-state index contributed by atoms with van der Waals surface area (Å²) in [6.07, 6.45) is 2.55. The first kappa shape index (κ1) is 12.5. The third-order valence-electron chi connectivity index (χ3n) is 3.55. The monoisotopic (exact) mass is 319 g/mol. The van der Waals surface area contributed by atoms with Crippen LogP contribution in [0.2, 0.25) is 0 Å². The maximum Gasteiger partial charge on any atom is 0.289 e. The Morgan fingerprint density at radius 3 is 2.74 bits per heavy atom. The summed E-state index contributed by atoms with van der Waals surface area (Å²) >= 11 is 3.44. The molecule has 1 amide bonds. The number of carbonyl (C=O) groups is 1. The van der Waals surface area contributed by atoms with Crippen molar-refractivity contribution in [1.82, 2.24) is 4.90 Å². The third kappa shape index (κ3) is 2.59. The van der Waals surface area contributed by atoms with Crippen LogP contribution in [-0.2, 0) is 0 Å². The number of halogens is 1. The molecule has 1 fully saturated rings. The second-order valence-electron chi connectivity index (χ2n) is 4.77. The number of carbonyl (C=O) groups excluding carboxylic acids is 1. The fraction of sp³-hybridized carbons (Fsp3) is 0.267. The molecule has 0 bridgehead atoms. The third-order valence-corrected chi connectivity index (χ3v) is 4.08. The molecule has 2 aromatic rings. The highest BCUT2D eigenvalue weighted by Crippen LogP contribution is 2.29. The van der Waals surface area contributed by atoms with Crippen molar-refractivity contribution in [1.29, 1.82) is 0 Å². The molecule has 2 heterocycles. The molecule has 1 saturated heterocycles. The molecule has 3 nitrogen and oxygen atoms in total. The number of hydrogen-bond acceptors (Lipinski definition) is 2. The predicted molar refractivity (Wildman–Crippen MR) is 76.1 cm³/mol. The first-order valence-corrected chi connectivity index (χ1v) is 7.11. The van der Waals surface area contributed by atoms with E-state index >= 15 is 0 Å². The first-order valence-electron chi connectivity index (χ1n) is 6.32. The molecule has 19 heavy (non-hydrogen) atoms.